The maximum absolute atomic E-state index is 12.9. The Morgan fingerprint density at radius 2 is 1.67 bits per heavy atom. The van der Waals surface area contributed by atoms with Crippen molar-refractivity contribution in [1.29, 1.82) is 0 Å². The molecular weight excluding hydrogens is 302 g/mol. The summed E-state index contributed by atoms with van der Waals surface area (Å²) in [4.78, 5) is 39.1. The first-order valence-corrected chi connectivity index (χ1v) is 7.85. The summed E-state index contributed by atoms with van der Waals surface area (Å²) in [5.74, 6) is -0.487. The maximum atomic E-state index is 12.9. The molecule has 0 bridgehead atoms. The van der Waals surface area contributed by atoms with Crippen LogP contribution in [0.2, 0.25) is 0 Å². The van der Waals surface area contributed by atoms with Gasteiger partial charge in [0.15, 0.2) is 11.6 Å². The van der Waals surface area contributed by atoms with Gasteiger partial charge in [-0.05, 0) is 24.1 Å². The minimum Gasteiger partial charge on any atom is -0.304 e. The van der Waals surface area contributed by atoms with Crippen molar-refractivity contribution in [3.8, 4) is 0 Å². The lowest BCUT2D eigenvalue weighted by molar-refractivity contribution is -0.116. The van der Waals surface area contributed by atoms with Crippen molar-refractivity contribution in [3.63, 3.8) is 0 Å². The molecule has 2 aromatic rings. The Balaban J connectivity index is 1.81. The zero-order chi connectivity index (χ0) is 16.8. The Labute approximate surface area is 139 Å². The van der Waals surface area contributed by atoms with Crippen molar-refractivity contribution >= 4 is 23.2 Å². The molecule has 0 saturated carbocycles. The standard InChI is InChI=1S/C20H15NO3/c1-12(22)21-17-9-5-2-6-13(17)10-18(21)16-11-19(23)14-7-3-4-8-15(14)20(16)24/h2-9,11,18H,10H2,1H3. The second-order valence-corrected chi connectivity index (χ2v) is 6.08. The number of hydrogen-bond donors (Lipinski definition) is 0. The van der Waals surface area contributed by atoms with E-state index in [1.54, 1.807) is 29.2 Å². The highest BCUT2D eigenvalue weighted by molar-refractivity contribution is 6.25. The molecule has 1 atom stereocenters. The summed E-state index contributed by atoms with van der Waals surface area (Å²) in [5, 5.41) is 0. The number of amides is 1. The first-order valence-electron chi connectivity index (χ1n) is 7.85. The van der Waals surface area contributed by atoms with E-state index < -0.39 is 6.04 Å². The van der Waals surface area contributed by atoms with E-state index in [4.69, 9.17) is 0 Å². The van der Waals surface area contributed by atoms with Crippen LogP contribution >= 0.6 is 0 Å². The number of fused-ring (bicyclic) bond motifs is 2. The number of rotatable bonds is 1. The number of allylic oxidation sites excluding steroid dienone is 1. The minimum absolute atomic E-state index is 0.134. The third kappa shape index (κ3) is 2.03. The minimum atomic E-state index is -0.426. The van der Waals surface area contributed by atoms with Gasteiger partial charge in [-0.2, -0.15) is 0 Å². The van der Waals surface area contributed by atoms with Gasteiger partial charge in [0.2, 0.25) is 5.91 Å². The molecule has 4 heteroatoms. The van der Waals surface area contributed by atoms with E-state index in [1.807, 2.05) is 24.3 Å². The number of carbonyl (C=O) groups is 3. The SMILES string of the molecule is CC(=O)N1c2ccccc2CC1C1=CC(=O)c2ccccc2C1=O. The summed E-state index contributed by atoms with van der Waals surface area (Å²) in [6, 6.07) is 14.0. The fraction of sp³-hybridized carbons (Fsp3) is 0.150. The average Bonchev–Trinajstić information content (AvgIpc) is 2.97. The smallest absolute Gasteiger partial charge is 0.224 e. The molecule has 0 fully saturated rings. The van der Waals surface area contributed by atoms with Gasteiger partial charge < -0.3 is 4.90 Å². The summed E-state index contributed by atoms with van der Waals surface area (Å²) in [5.41, 5.74) is 3.06. The summed E-state index contributed by atoms with van der Waals surface area (Å²) in [7, 11) is 0. The molecule has 118 valence electrons. The first kappa shape index (κ1) is 14.6. The van der Waals surface area contributed by atoms with E-state index in [1.165, 1.54) is 13.0 Å². The van der Waals surface area contributed by atoms with Crippen LogP contribution in [0.25, 0.3) is 0 Å². The van der Waals surface area contributed by atoms with E-state index in [0.717, 1.165) is 11.3 Å². The number of hydrogen-bond acceptors (Lipinski definition) is 3. The molecule has 0 spiro atoms. The van der Waals surface area contributed by atoms with Crippen LogP contribution in [-0.2, 0) is 11.2 Å². The lowest BCUT2D eigenvalue weighted by atomic mass is 9.85. The lowest BCUT2D eigenvalue weighted by Gasteiger charge is -2.27. The number of nitrogens with zero attached hydrogens (tertiary/aromatic N) is 1. The molecule has 4 nitrogen and oxygen atoms in total. The highest BCUT2D eigenvalue weighted by atomic mass is 16.2. The van der Waals surface area contributed by atoms with Gasteiger partial charge in [-0.15, -0.1) is 0 Å². The summed E-state index contributed by atoms with van der Waals surface area (Å²) in [6.07, 6.45) is 1.94. The van der Waals surface area contributed by atoms with Gasteiger partial charge in [-0.3, -0.25) is 14.4 Å². The quantitative estimate of drug-likeness (QED) is 0.812. The van der Waals surface area contributed by atoms with Gasteiger partial charge >= 0.3 is 0 Å². The number of Topliss-reactive ketones (excluding diaryl/α,β-unsaturated/α-hetero) is 1. The molecule has 1 aliphatic heterocycles. The van der Waals surface area contributed by atoms with Crippen LogP contribution in [0, 0.1) is 0 Å². The molecule has 1 heterocycles. The predicted octanol–water partition coefficient (Wildman–Crippen LogP) is 2.97. The number of anilines is 1. The molecule has 0 N–H and O–H groups in total. The van der Waals surface area contributed by atoms with Crippen LogP contribution < -0.4 is 4.90 Å². The number of carbonyl (C=O) groups excluding carboxylic acids is 3. The summed E-state index contributed by atoms with van der Waals surface area (Å²) < 4.78 is 0. The largest absolute Gasteiger partial charge is 0.304 e. The van der Waals surface area contributed by atoms with Crippen LogP contribution in [0.5, 0.6) is 0 Å². The van der Waals surface area contributed by atoms with Crippen LogP contribution in [0.3, 0.4) is 0 Å². The molecular formula is C20H15NO3. The number of para-hydroxylation sites is 1. The predicted molar refractivity (Wildman–Crippen MR) is 90.3 cm³/mol. The number of benzene rings is 2. The molecule has 0 radical (unpaired) electrons. The normalized spacial score (nSPS) is 19.0. The Morgan fingerprint density at radius 3 is 2.42 bits per heavy atom. The fourth-order valence-corrected chi connectivity index (χ4v) is 3.61. The molecule has 2 aromatic carbocycles. The van der Waals surface area contributed by atoms with Crippen molar-refractivity contribution in [2.75, 3.05) is 4.90 Å². The van der Waals surface area contributed by atoms with Crippen molar-refractivity contribution in [2.24, 2.45) is 0 Å². The highest BCUT2D eigenvalue weighted by Gasteiger charge is 2.39. The summed E-state index contributed by atoms with van der Waals surface area (Å²) in [6.45, 7) is 1.48. The van der Waals surface area contributed by atoms with Gasteiger partial charge in [0.25, 0.3) is 0 Å². The van der Waals surface area contributed by atoms with Crippen molar-refractivity contribution in [3.05, 3.63) is 76.9 Å². The van der Waals surface area contributed by atoms with E-state index in [0.29, 0.717) is 23.1 Å². The topological polar surface area (TPSA) is 54.5 Å². The Bertz CT molecular complexity index is 926. The second-order valence-electron chi connectivity index (χ2n) is 6.08. The van der Waals surface area contributed by atoms with Gasteiger partial charge in [0.05, 0.1) is 6.04 Å². The monoisotopic (exact) mass is 317 g/mol. The molecule has 4 rings (SSSR count). The van der Waals surface area contributed by atoms with E-state index in [2.05, 4.69) is 0 Å². The molecule has 1 amide bonds. The van der Waals surface area contributed by atoms with Crippen LogP contribution in [0.15, 0.2) is 60.2 Å². The van der Waals surface area contributed by atoms with Crippen LogP contribution in [-0.4, -0.2) is 23.5 Å². The first-order chi connectivity index (χ1) is 11.6. The molecule has 1 unspecified atom stereocenters. The van der Waals surface area contributed by atoms with Crippen molar-refractivity contribution < 1.29 is 14.4 Å². The average molecular weight is 317 g/mol. The van der Waals surface area contributed by atoms with E-state index in [-0.39, 0.29) is 17.5 Å². The lowest BCUT2D eigenvalue weighted by Crippen LogP contribution is -2.40. The van der Waals surface area contributed by atoms with Gasteiger partial charge in [0.1, 0.15) is 0 Å². The molecule has 2 aliphatic rings. The van der Waals surface area contributed by atoms with Crippen LogP contribution in [0.1, 0.15) is 33.2 Å². The van der Waals surface area contributed by atoms with Crippen molar-refractivity contribution in [1.82, 2.24) is 0 Å². The zero-order valence-corrected chi connectivity index (χ0v) is 13.2. The highest BCUT2D eigenvalue weighted by Crippen LogP contribution is 2.37. The molecule has 1 aliphatic carbocycles. The Kier molecular flexibility index (Phi) is 3.20. The third-order valence-electron chi connectivity index (χ3n) is 4.66. The van der Waals surface area contributed by atoms with Gasteiger partial charge in [-0.25, -0.2) is 0 Å². The van der Waals surface area contributed by atoms with Gasteiger partial charge in [-0.1, -0.05) is 42.5 Å². The number of ketones is 2. The van der Waals surface area contributed by atoms with E-state index in [9.17, 15) is 14.4 Å². The third-order valence-corrected chi connectivity index (χ3v) is 4.66. The van der Waals surface area contributed by atoms with Crippen LogP contribution in [0.4, 0.5) is 5.69 Å². The molecule has 0 saturated heterocycles. The molecule has 0 aromatic heterocycles. The molecule has 24 heavy (non-hydrogen) atoms. The Hall–Kier alpha value is -3.01. The van der Waals surface area contributed by atoms with E-state index >= 15 is 0 Å². The van der Waals surface area contributed by atoms with Gasteiger partial charge in [0, 0.05) is 29.3 Å². The second kappa shape index (κ2) is 5.27. The maximum Gasteiger partial charge on any atom is 0.224 e. The summed E-state index contributed by atoms with van der Waals surface area (Å²) >= 11 is 0. The zero-order valence-electron chi connectivity index (χ0n) is 13.2. The van der Waals surface area contributed by atoms with Crippen molar-refractivity contribution in [2.45, 2.75) is 19.4 Å². The Morgan fingerprint density at radius 1 is 1.00 bits per heavy atom. The fourth-order valence-electron chi connectivity index (χ4n) is 3.61.